The molecule has 0 bridgehead atoms. The van der Waals surface area contributed by atoms with Crippen LogP contribution >= 0.6 is 0 Å². The number of nitrogens with zero attached hydrogens (tertiary/aromatic N) is 2. The summed E-state index contributed by atoms with van der Waals surface area (Å²) >= 11 is 0. The molecule has 3 unspecified atom stereocenters. The van der Waals surface area contributed by atoms with E-state index in [1.807, 2.05) is 11.9 Å². The zero-order chi connectivity index (χ0) is 13.8. The van der Waals surface area contributed by atoms with Crippen LogP contribution in [0.4, 0.5) is 0 Å². The molecule has 1 heterocycles. The van der Waals surface area contributed by atoms with E-state index >= 15 is 0 Å². The summed E-state index contributed by atoms with van der Waals surface area (Å²) in [6, 6.07) is 0.0514. The van der Waals surface area contributed by atoms with Crippen LogP contribution in [0.5, 0.6) is 0 Å². The minimum atomic E-state index is 0.0485. The van der Waals surface area contributed by atoms with E-state index in [1.165, 1.54) is 32.4 Å². The van der Waals surface area contributed by atoms with Gasteiger partial charge in [-0.3, -0.25) is 4.79 Å². The zero-order valence-corrected chi connectivity index (χ0v) is 12.5. The maximum atomic E-state index is 12.5. The van der Waals surface area contributed by atoms with Gasteiger partial charge in [-0.05, 0) is 44.7 Å². The first-order valence-electron chi connectivity index (χ1n) is 7.82. The monoisotopic (exact) mass is 267 g/mol. The quantitative estimate of drug-likeness (QED) is 0.835. The van der Waals surface area contributed by atoms with Crippen LogP contribution in [0, 0.1) is 11.8 Å². The first-order chi connectivity index (χ1) is 9.09. The van der Waals surface area contributed by atoms with Crippen LogP contribution in [0.15, 0.2) is 0 Å². The number of likely N-dealkylation sites (N-methyl/N-ethyl adjacent to an activating group) is 1. The van der Waals surface area contributed by atoms with Gasteiger partial charge in [0.1, 0.15) is 0 Å². The van der Waals surface area contributed by atoms with E-state index in [4.69, 9.17) is 5.73 Å². The summed E-state index contributed by atoms with van der Waals surface area (Å²) in [6.07, 6.45) is 5.90. The predicted octanol–water partition coefficient (Wildman–Crippen LogP) is 1.30. The minimum absolute atomic E-state index is 0.0485. The lowest BCUT2D eigenvalue weighted by Gasteiger charge is -2.35. The molecule has 2 fully saturated rings. The molecule has 0 spiro atoms. The first kappa shape index (κ1) is 14.8. The van der Waals surface area contributed by atoms with Gasteiger partial charge in [-0.15, -0.1) is 0 Å². The van der Waals surface area contributed by atoms with Gasteiger partial charge >= 0.3 is 0 Å². The van der Waals surface area contributed by atoms with E-state index in [1.54, 1.807) is 0 Å². The molecule has 1 aliphatic carbocycles. The Balaban J connectivity index is 1.80. The summed E-state index contributed by atoms with van der Waals surface area (Å²) in [5.74, 6) is 0.792. The smallest absolute Gasteiger partial charge is 0.227 e. The third-order valence-corrected chi connectivity index (χ3v) is 4.94. The van der Waals surface area contributed by atoms with Crippen LogP contribution in [0.3, 0.4) is 0 Å². The molecule has 3 atom stereocenters. The van der Waals surface area contributed by atoms with Crippen molar-refractivity contribution in [1.82, 2.24) is 9.80 Å². The summed E-state index contributed by atoms with van der Waals surface area (Å²) in [4.78, 5) is 16.8. The minimum Gasteiger partial charge on any atom is -0.344 e. The largest absolute Gasteiger partial charge is 0.344 e. The number of carbonyl (C=O) groups is 1. The second kappa shape index (κ2) is 6.71. The number of carbonyl (C=O) groups excluding carboxylic acids is 1. The fraction of sp³-hybridized carbons (Fsp3) is 0.933. The Morgan fingerprint density at radius 2 is 1.95 bits per heavy atom. The summed E-state index contributed by atoms with van der Waals surface area (Å²) in [5.41, 5.74) is 6.22. The van der Waals surface area contributed by atoms with E-state index in [9.17, 15) is 4.79 Å². The van der Waals surface area contributed by atoms with Crippen molar-refractivity contribution >= 4 is 5.91 Å². The van der Waals surface area contributed by atoms with Crippen molar-refractivity contribution in [1.29, 1.82) is 0 Å². The molecule has 1 saturated carbocycles. The number of rotatable bonds is 4. The number of likely N-dealkylation sites (tertiary alicyclic amines) is 1. The summed E-state index contributed by atoms with van der Waals surface area (Å²) in [6.45, 7) is 6.43. The molecule has 110 valence electrons. The predicted molar refractivity (Wildman–Crippen MR) is 77.8 cm³/mol. The molecular formula is C15H29N3O. The maximum absolute atomic E-state index is 12.5. The van der Waals surface area contributed by atoms with Gasteiger partial charge in [0.15, 0.2) is 0 Å². The summed E-state index contributed by atoms with van der Waals surface area (Å²) in [5, 5.41) is 0. The molecule has 1 amide bonds. The molecule has 0 aromatic heterocycles. The van der Waals surface area contributed by atoms with Crippen molar-refractivity contribution in [2.24, 2.45) is 17.6 Å². The zero-order valence-electron chi connectivity index (χ0n) is 12.5. The van der Waals surface area contributed by atoms with Crippen LogP contribution in [0.25, 0.3) is 0 Å². The lowest BCUT2D eigenvalue weighted by atomic mass is 9.77. The van der Waals surface area contributed by atoms with E-state index in [2.05, 4.69) is 11.8 Å². The lowest BCUT2D eigenvalue weighted by Crippen LogP contribution is -2.49. The molecule has 2 aliphatic rings. The highest BCUT2D eigenvalue weighted by molar-refractivity contribution is 5.79. The van der Waals surface area contributed by atoms with Crippen LogP contribution in [0.1, 0.15) is 39.0 Å². The van der Waals surface area contributed by atoms with Gasteiger partial charge in [-0.1, -0.05) is 13.3 Å². The standard InChI is InChI=1S/C15H29N3O/c1-12-6-5-7-13(14(12)16)15(19)17(2)10-11-18-8-3-4-9-18/h12-14H,3-11,16H2,1-2H3. The van der Waals surface area contributed by atoms with Crippen molar-refractivity contribution < 1.29 is 4.79 Å². The number of hydrogen-bond donors (Lipinski definition) is 1. The van der Waals surface area contributed by atoms with Crippen molar-refractivity contribution in [2.75, 3.05) is 33.2 Å². The first-order valence-corrected chi connectivity index (χ1v) is 7.82. The third-order valence-electron chi connectivity index (χ3n) is 4.94. The molecule has 4 heteroatoms. The highest BCUT2D eigenvalue weighted by atomic mass is 16.2. The lowest BCUT2D eigenvalue weighted by molar-refractivity contribution is -0.136. The van der Waals surface area contributed by atoms with E-state index in [0.29, 0.717) is 5.92 Å². The van der Waals surface area contributed by atoms with Gasteiger partial charge in [0.05, 0.1) is 5.92 Å². The number of amides is 1. The Labute approximate surface area is 117 Å². The van der Waals surface area contributed by atoms with Gasteiger partial charge in [0, 0.05) is 26.2 Å². The van der Waals surface area contributed by atoms with E-state index in [0.717, 1.165) is 25.9 Å². The Bertz CT molecular complexity index is 302. The molecule has 19 heavy (non-hydrogen) atoms. The molecular weight excluding hydrogens is 238 g/mol. The topological polar surface area (TPSA) is 49.6 Å². The Kier molecular flexibility index (Phi) is 5.22. The average Bonchev–Trinajstić information content (AvgIpc) is 2.91. The molecule has 0 aromatic carbocycles. The van der Waals surface area contributed by atoms with E-state index < -0.39 is 0 Å². The Morgan fingerprint density at radius 1 is 1.26 bits per heavy atom. The maximum Gasteiger partial charge on any atom is 0.227 e. The fourth-order valence-electron chi connectivity index (χ4n) is 3.42. The highest BCUT2D eigenvalue weighted by Crippen LogP contribution is 2.28. The Hall–Kier alpha value is -0.610. The van der Waals surface area contributed by atoms with Crippen LogP contribution < -0.4 is 5.73 Å². The van der Waals surface area contributed by atoms with Gasteiger partial charge < -0.3 is 15.5 Å². The molecule has 0 aromatic rings. The highest BCUT2D eigenvalue weighted by Gasteiger charge is 2.34. The van der Waals surface area contributed by atoms with E-state index in [-0.39, 0.29) is 17.9 Å². The third kappa shape index (κ3) is 3.69. The SMILES string of the molecule is CC1CCCC(C(=O)N(C)CCN2CCCC2)C1N. The summed E-state index contributed by atoms with van der Waals surface area (Å²) in [7, 11) is 1.93. The van der Waals surface area contributed by atoms with Crippen molar-refractivity contribution in [3.05, 3.63) is 0 Å². The molecule has 2 N–H and O–H groups in total. The van der Waals surface area contributed by atoms with Crippen LogP contribution in [-0.4, -0.2) is 55.0 Å². The van der Waals surface area contributed by atoms with Gasteiger partial charge in [-0.2, -0.15) is 0 Å². The van der Waals surface area contributed by atoms with Crippen molar-refractivity contribution in [3.8, 4) is 0 Å². The molecule has 1 saturated heterocycles. The fourth-order valence-corrected chi connectivity index (χ4v) is 3.42. The van der Waals surface area contributed by atoms with Crippen molar-refractivity contribution in [2.45, 2.75) is 45.1 Å². The molecule has 4 nitrogen and oxygen atoms in total. The van der Waals surface area contributed by atoms with Crippen LogP contribution in [0.2, 0.25) is 0 Å². The Morgan fingerprint density at radius 3 is 2.63 bits per heavy atom. The van der Waals surface area contributed by atoms with Crippen LogP contribution in [-0.2, 0) is 4.79 Å². The summed E-state index contributed by atoms with van der Waals surface area (Å²) < 4.78 is 0. The van der Waals surface area contributed by atoms with Crippen molar-refractivity contribution in [3.63, 3.8) is 0 Å². The van der Waals surface area contributed by atoms with Gasteiger partial charge in [-0.25, -0.2) is 0 Å². The molecule has 1 aliphatic heterocycles. The second-order valence-electron chi connectivity index (χ2n) is 6.40. The second-order valence-corrected chi connectivity index (χ2v) is 6.40. The number of nitrogens with two attached hydrogens (primary N) is 1. The normalized spacial score (nSPS) is 32.5. The molecule has 2 rings (SSSR count). The molecule has 0 radical (unpaired) electrons. The average molecular weight is 267 g/mol. The van der Waals surface area contributed by atoms with Gasteiger partial charge in [0.2, 0.25) is 5.91 Å². The number of hydrogen-bond acceptors (Lipinski definition) is 3. The van der Waals surface area contributed by atoms with Gasteiger partial charge in [0.25, 0.3) is 0 Å².